The topological polar surface area (TPSA) is 33.2 Å². The third-order valence-corrected chi connectivity index (χ3v) is 2.94. The molecule has 3 nitrogen and oxygen atoms in total. The Labute approximate surface area is 89.9 Å². The molecule has 0 saturated carbocycles. The number of amides is 1. The fraction of sp³-hybridized carbons (Fsp3) is 0.500. The quantitative estimate of drug-likeness (QED) is 0.778. The highest BCUT2D eigenvalue weighted by Crippen LogP contribution is 2.08. The normalized spacial score (nSPS) is 10.0. The predicted molar refractivity (Wildman–Crippen MR) is 57.5 cm³/mol. The smallest absolute Gasteiger partial charge is 0.265 e. The van der Waals surface area contributed by atoms with Crippen molar-refractivity contribution in [3.63, 3.8) is 0 Å². The van der Waals surface area contributed by atoms with Crippen molar-refractivity contribution in [2.75, 3.05) is 18.9 Å². The van der Waals surface area contributed by atoms with Crippen LogP contribution >= 0.6 is 27.3 Å². The highest BCUT2D eigenvalue weighted by Gasteiger charge is 2.11. The lowest BCUT2D eigenvalue weighted by Crippen LogP contribution is -2.27. The highest BCUT2D eigenvalue weighted by atomic mass is 79.9. The fourth-order valence-corrected chi connectivity index (χ4v) is 1.77. The minimum Gasteiger partial charge on any atom is -0.341 e. The highest BCUT2D eigenvalue weighted by molar-refractivity contribution is 9.09. The molecular weight excluding hydrogens is 252 g/mol. The van der Waals surface area contributed by atoms with Crippen LogP contribution in [0.3, 0.4) is 0 Å². The summed E-state index contributed by atoms with van der Waals surface area (Å²) in [6.07, 6.45) is 2.58. The molecule has 0 aliphatic carbocycles. The molecule has 0 atom stereocenters. The van der Waals surface area contributed by atoms with Gasteiger partial charge in [-0.05, 0) is 6.42 Å². The number of halogens is 1. The Kier molecular flexibility index (Phi) is 4.38. The molecule has 0 saturated heterocycles. The van der Waals surface area contributed by atoms with E-state index in [4.69, 9.17) is 0 Å². The van der Waals surface area contributed by atoms with E-state index in [2.05, 4.69) is 20.9 Å². The second kappa shape index (κ2) is 5.34. The molecule has 0 fully saturated rings. The zero-order chi connectivity index (χ0) is 9.68. The zero-order valence-corrected chi connectivity index (χ0v) is 9.77. The van der Waals surface area contributed by atoms with E-state index in [1.165, 1.54) is 11.3 Å². The van der Waals surface area contributed by atoms with Gasteiger partial charge < -0.3 is 4.90 Å². The Morgan fingerprint density at radius 3 is 3.08 bits per heavy atom. The van der Waals surface area contributed by atoms with E-state index in [-0.39, 0.29) is 5.91 Å². The number of rotatable bonds is 4. The lowest BCUT2D eigenvalue weighted by atomic mass is 10.4. The van der Waals surface area contributed by atoms with E-state index in [1.807, 2.05) is 7.05 Å². The average molecular weight is 263 g/mol. The van der Waals surface area contributed by atoms with E-state index in [1.54, 1.807) is 16.6 Å². The van der Waals surface area contributed by atoms with Crippen LogP contribution < -0.4 is 0 Å². The van der Waals surface area contributed by atoms with Gasteiger partial charge in [0.2, 0.25) is 0 Å². The van der Waals surface area contributed by atoms with Crippen molar-refractivity contribution in [2.45, 2.75) is 6.42 Å². The molecule has 0 N–H and O–H groups in total. The second-order valence-electron chi connectivity index (χ2n) is 2.63. The minimum absolute atomic E-state index is 0.0588. The first-order valence-corrected chi connectivity index (χ1v) is 5.95. The maximum absolute atomic E-state index is 11.6. The number of nitrogens with zero attached hydrogens (tertiary/aromatic N) is 2. The molecule has 0 aliphatic heterocycles. The summed E-state index contributed by atoms with van der Waals surface area (Å²) in [7, 11) is 1.81. The van der Waals surface area contributed by atoms with Crippen molar-refractivity contribution >= 4 is 33.2 Å². The number of aromatic nitrogens is 1. The second-order valence-corrected chi connectivity index (χ2v) is 4.31. The Morgan fingerprint density at radius 1 is 1.77 bits per heavy atom. The number of hydrogen-bond donors (Lipinski definition) is 0. The van der Waals surface area contributed by atoms with Crippen molar-refractivity contribution in [3.8, 4) is 0 Å². The predicted octanol–water partition coefficient (Wildman–Crippen LogP) is 2.00. The molecule has 1 amide bonds. The van der Waals surface area contributed by atoms with Gasteiger partial charge in [0, 0.05) is 18.9 Å². The average Bonchev–Trinajstić information content (AvgIpc) is 2.65. The molecule has 13 heavy (non-hydrogen) atoms. The summed E-state index contributed by atoms with van der Waals surface area (Å²) in [4.78, 5) is 17.9. The van der Waals surface area contributed by atoms with Crippen molar-refractivity contribution in [2.24, 2.45) is 0 Å². The van der Waals surface area contributed by atoms with Crippen molar-refractivity contribution < 1.29 is 4.79 Å². The molecular formula is C8H11BrN2OS. The largest absolute Gasteiger partial charge is 0.341 e. The van der Waals surface area contributed by atoms with E-state index in [0.29, 0.717) is 4.88 Å². The van der Waals surface area contributed by atoms with Gasteiger partial charge in [-0.1, -0.05) is 15.9 Å². The first-order valence-electron chi connectivity index (χ1n) is 3.95. The third kappa shape index (κ3) is 3.08. The molecule has 0 aliphatic rings. The van der Waals surface area contributed by atoms with E-state index >= 15 is 0 Å². The van der Waals surface area contributed by atoms with Gasteiger partial charge in [0.15, 0.2) is 0 Å². The zero-order valence-electron chi connectivity index (χ0n) is 7.36. The number of thiazole rings is 1. The Morgan fingerprint density at radius 2 is 2.54 bits per heavy atom. The lowest BCUT2D eigenvalue weighted by Gasteiger charge is -2.14. The van der Waals surface area contributed by atoms with Crippen LogP contribution in [0.5, 0.6) is 0 Å². The van der Waals surface area contributed by atoms with Gasteiger partial charge in [0.25, 0.3) is 5.91 Å². The number of hydrogen-bond acceptors (Lipinski definition) is 3. The Balaban J connectivity index is 2.48. The SMILES string of the molecule is CN(CCCBr)C(=O)c1cncs1. The molecule has 72 valence electrons. The monoisotopic (exact) mass is 262 g/mol. The van der Waals surface area contributed by atoms with Gasteiger partial charge in [0.05, 0.1) is 11.7 Å². The lowest BCUT2D eigenvalue weighted by molar-refractivity contribution is 0.0800. The molecule has 0 spiro atoms. The molecule has 5 heteroatoms. The van der Waals surface area contributed by atoms with Crippen LogP contribution in [-0.2, 0) is 0 Å². The van der Waals surface area contributed by atoms with Gasteiger partial charge in [0.1, 0.15) is 4.88 Å². The van der Waals surface area contributed by atoms with E-state index in [0.717, 1.165) is 18.3 Å². The molecule has 1 rings (SSSR count). The van der Waals surface area contributed by atoms with Crippen LogP contribution in [0.25, 0.3) is 0 Å². The summed E-state index contributed by atoms with van der Waals surface area (Å²) in [5.41, 5.74) is 1.67. The molecule has 1 aromatic heterocycles. The van der Waals surface area contributed by atoms with Gasteiger partial charge in [-0.25, -0.2) is 0 Å². The third-order valence-electron chi connectivity index (χ3n) is 1.62. The molecule has 1 heterocycles. The van der Waals surface area contributed by atoms with Gasteiger partial charge >= 0.3 is 0 Å². The number of carbonyl (C=O) groups excluding carboxylic acids is 1. The van der Waals surface area contributed by atoms with Gasteiger partial charge in [-0.2, -0.15) is 0 Å². The first-order chi connectivity index (χ1) is 6.25. The van der Waals surface area contributed by atoms with Crippen molar-refractivity contribution in [3.05, 3.63) is 16.6 Å². The van der Waals surface area contributed by atoms with Crippen LogP contribution in [0, 0.1) is 0 Å². The van der Waals surface area contributed by atoms with Crippen molar-refractivity contribution in [1.29, 1.82) is 0 Å². The standard InChI is InChI=1S/C8H11BrN2OS/c1-11(4-2-3-9)8(12)7-5-10-6-13-7/h5-6H,2-4H2,1H3. The summed E-state index contributed by atoms with van der Waals surface area (Å²) in [6.45, 7) is 0.780. The van der Waals surface area contributed by atoms with Crippen LogP contribution in [-0.4, -0.2) is 34.7 Å². The number of carbonyl (C=O) groups is 1. The summed E-state index contributed by atoms with van der Waals surface area (Å²) >= 11 is 4.71. The summed E-state index contributed by atoms with van der Waals surface area (Å²) in [6, 6.07) is 0. The molecule has 1 aromatic rings. The van der Waals surface area contributed by atoms with Gasteiger partial charge in [-0.3, -0.25) is 9.78 Å². The van der Waals surface area contributed by atoms with Crippen LogP contribution in [0.1, 0.15) is 16.1 Å². The maximum atomic E-state index is 11.6. The number of alkyl halides is 1. The van der Waals surface area contributed by atoms with Crippen LogP contribution in [0.4, 0.5) is 0 Å². The summed E-state index contributed by atoms with van der Waals surface area (Å²) < 4.78 is 0. The van der Waals surface area contributed by atoms with E-state index < -0.39 is 0 Å². The van der Waals surface area contributed by atoms with Gasteiger partial charge in [-0.15, -0.1) is 11.3 Å². The molecule has 0 aromatic carbocycles. The van der Waals surface area contributed by atoms with Crippen LogP contribution in [0.15, 0.2) is 11.7 Å². The Hall–Kier alpha value is -0.420. The molecule has 0 unspecified atom stereocenters. The summed E-state index contributed by atoms with van der Waals surface area (Å²) in [5.74, 6) is 0.0588. The summed E-state index contributed by atoms with van der Waals surface area (Å²) in [5, 5.41) is 0.924. The minimum atomic E-state index is 0.0588. The van der Waals surface area contributed by atoms with Crippen molar-refractivity contribution in [1.82, 2.24) is 9.88 Å². The molecule has 0 bridgehead atoms. The maximum Gasteiger partial charge on any atom is 0.265 e. The molecule has 0 radical (unpaired) electrons. The first kappa shape index (κ1) is 10.7. The van der Waals surface area contributed by atoms with Crippen LogP contribution in [0.2, 0.25) is 0 Å². The Bertz CT molecular complexity index is 263. The van der Waals surface area contributed by atoms with E-state index in [9.17, 15) is 4.79 Å². The fourth-order valence-electron chi connectivity index (χ4n) is 0.908.